The number of sulfonamides is 1. The first kappa shape index (κ1) is 20.6. The number of hydrogen-bond acceptors (Lipinski definition) is 5. The lowest BCUT2D eigenvalue weighted by Crippen LogP contribution is -2.24. The first-order valence-corrected chi connectivity index (χ1v) is 10.2. The molecule has 0 aliphatic rings. The van der Waals surface area contributed by atoms with Crippen LogP contribution in [0.25, 0.3) is 0 Å². The number of nitrogens with one attached hydrogen (secondary N) is 1. The van der Waals surface area contributed by atoms with Crippen LogP contribution in [0.3, 0.4) is 0 Å². The van der Waals surface area contributed by atoms with E-state index < -0.39 is 10.0 Å². The van der Waals surface area contributed by atoms with Gasteiger partial charge in [0.25, 0.3) is 0 Å². The standard InChI is InChI=1S/C19H24N2O5S/c1-21(27(3,23)24)16-7-4-6-15(14-16)20-19(22)8-5-13-26-18-11-9-17(25-2)10-12-18/h4,6-7,9-12,14H,5,8,13H2,1-3H3,(H,20,22). The third kappa shape index (κ3) is 6.49. The molecule has 0 bridgehead atoms. The molecule has 2 aromatic carbocycles. The average molecular weight is 392 g/mol. The maximum absolute atomic E-state index is 12.1. The molecule has 0 spiro atoms. The van der Waals surface area contributed by atoms with Gasteiger partial charge in [0, 0.05) is 19.2 Å². The lowest BCUT2D eigenvalue weighted by Gasteiger charge is -2.17. The van der Waals surface area contributed by atoms with Crippen molar-refractivity contribution in [2.24, 2.45) is 0 Å². The van der Waals surface area contributed by atoms with Gasteiger partial charge in [0.15, 0.2) is 0 Å². The maximum Gasteiger partial charge on any atom is 0.231 e. The Bertz CT molecular complexity index is 866. The Hall–Kier alpha value is -2.74. The molecule has 2 rings (SSSR count). The summed E-state index contributed by atoms with van der Waals surface area (Å²) in [6, 6.07) is 13.9. The van der Waals surface area contributed by atoms with Gasteiger partial charge in [0.2, 0.25) is 15.9 Å². The number of carbonyl (C=O) groups is 1. The van der Waals surface area contributed by atoms with Crippen molar-refractivity contribution >= 4 is 27.3 Å². The van der Waals surface area contributed by atoms with E-state index in [9.17, 15) is 13.2 Å². The van der Waals surface area contributed by atoms with Gasteiger partial charge in [-0.05, 0) is 48.9 Å². The Morgan fingerprint density at radius 2 is 1.78 bits per heavy atom. The summed E-state index contributed by atoms with van der Waals surface area (Å²) in [6.45, 7) is 0.413. The number of rotatable bonds is 9. The van der Waals surface area contributed by atoms with Crippen LogP contribution >= 0.6 is 0 Å². The molecule has 8 heteroatoms. The lowest BCUT2D eigenvalue weighted by atomic mass is 10.2. The van der Waals surface area contributed by atoms with Crippen molar-refractivity contribution in [3.63, 3.8) is 0 Å². The molecule has 1 amide bonds. The fraction of sp³-hybridized carbons (Fsp3) is 0.316. The van der Waals surface area contributed by atoms with E-state index in [0.29, 0.717) is 36.6 Å². The van der Waals surface area contributed by atoms with Crippen LogP contribution in [0, 0.1) is 0 Å². The van der Waals surface area contributed by atoms with Crippen molar-refractivity contribution < 1.29 is 22.7 Å². The molecule has 0 aliphatic heterocycles. The van der Waals surface area contributed by atoms with Crippen molar-refractivity contribution in [1.82, 2.24) is 0 Å². The number of anilines is 2. The minimum Gasteiger partial charge on any atom is -0.497 e. The van der Waals surface area contributed by atoms with Crippen LogP contribution in [0.15, 0.2) is 48.5 Å². The van der Waals surface area contributed by atoms with Crippen LogP contribution in [-0.4, -0.2) is 41.3 Å². The number of amides is 1. The zero-order chi connectivity index (χ0) is 19.9. The SMILES string of the molecule is COc1ccc(OCCCC(=O)Nc2cccc(N(C)S(C)(=O)=O)c2)cc1. The second-order valence-electron chi connectivity index (χ2n) is 5.96. The number of methoxy groups -OCH3 is 1. The monoisotopic (exact) mass is 392 g/mol. The number of carbonyl (C=O) groups excluding carboxylic acids is 1. The van der Waals surface area contributed by atoms with E-state index in [4.69, 9.17) is 9.47 Å². The van der Waals surface area contributed by atoms with Crippen molar-refractivity contribution in [2.75, 3.05) is 36.6 Å². The first-order valence-electron chi connectivity index (χ1n) is 8.40. The van der Waals surface area contributed by atoms with Gasteiger partial charge in [-0.15, -0.1) is 0 Å². The van der Waals surface area contributed by atoms with Crippen molar-refractivity contribution in [1.29, 1.82) is 0 Å². The van der Waals surface area contributed by atoms with Gasteiger partial charge in [-0.1, -0.05) is 6.07 Å². The molecular formula is C19H24N2O5S. The Kier molecular flexibility index (Phi) is 7.06. The molecule has 0 saturated carbocycles. The maximum atomic E-state index is 12.1. The molecule has 0 radical (unpaired) electrons. The Morgan fingerprint density at radius 1 is 1.11 bits per heavy atom. The van der Waals surface area contributed by atoms with Crippen LogP contribution < -0.4 is 19.1 Å². The number of ether oxygens (including phenoxy) is 2. The largest absolute Gasteiger partial charge is 0.497 e. The smallest absolute Gasteiger partial charge is 0.231 e. The molecule has 0 aliphatic carbocycles. The van der Waals surface area contributed by atoms with E-state index in [2.05, 4.69) is 5.32 Å². The highest BCUT2D eigenvalue weighted by Crippen LogP contribution is 2.21. The van der Waals surface area contributed by atoms with E-state index >= 15 is 0 Å². The van der Waals surface area contributed by atoms with Crippen LogP contribution in [0.2, 0.25) is 0 Å². The fourth-order valence-electron chi connectivity index (χ4n) is 2.29. The van der Waals surface area contributed by atoms with Crippen molar-refractivity contribution in [2.45, 2.75) is 12.8 Å². The van der Waals surface area contributed by atoms with Gasteiger partial charge >= 0.3 is 0 Å². The fourth-order valence-corrected chi connectivity index (χ4v) is 2.79. The van der Waals surface area contributed by atoms with E-state index in [1.807, 2.05) is 24.3 Å². The predicted molar refractivity (Wildman–Crippen MR) is 106 cm³/mol. The summed E-state index contributed by atoms with van der Waals surface area (Å²) in [7, 11) is -0.288. The highest BCUT2D eigenvalue weighted by molar-refractivity contribution is 7.92. The first-order chi connectivity index (χ1) is 12.8. The van der Waals surface area contributed by atoms with Gasteiger partial charge in [-0.3, -0.25) is 9.10 Å². The summed E-state index contributed by atoms with van der Waals surface area (Å²) in [5.74, 6) is 1.31. The van der Waals surface area contributed by atoms with Crippen LogP contribution in [0.1, 0.15) is 12.8 Å². The van der Waals surface area contributed by atoms with Gasteiger partial charge in [0.1, 0.15) is 11.5 Å². The molecule has 146 valence electrons. The van der Waals surface area contributed by atoms with E-state index in [1.165, 1.54) is 7.05 Å². The molecule has 0 atom stereocenters. The van der Waals surface area contributed by atoms with Crippen molar-refractivity contribution in [3.8, 4) is 11.5 Å². The quantitative estimate of drug-likeness (QED) is 0.663. The molecule has 0 heterocycles. The summed E-state index contributed by atoms with van der Waals surface area (Å²) < 4.78 is 35.0. The molecule has 0 unspecified atom stereocenters. The average Bonchev–Trinajstić information content (AvgIpc) is 2.64. The highest BCUT2D eigenvalue weighted by Gasteiger charge is 2.12. The zero-order valence-electron chi connectivity index (χ0n) is 15.6. The Balaban J connectivity index is 1.80. The van der Waals surface area contributed by atoms with Crippen LogP contribution in [0.5, 0.6) is 11.5 Å². The molecule has 0 fully saturated rings. The zero-order valence-corrected chi connectivity index (χ0v) is 16.5. The van der Waals surface area contributed by atoms with E-state index in [-0.39, 0.29) is 5.91 Å². The summed E-state index contributed by atoms with van der Waals surface area (Å²) in [5.41, 5.74) is 1.03. The number of hydrogen-bond donors (Lipinski definition) is 1. The van der Waals surface area contributed by atoms with Crippen molar-refractivity contribution in [3.05, 3.63) is 48.5 Å². The third-order valence-electron chi connectivity index (χ3n) is 3.87. The molecular weight excluding hydrogens is 368 g/mol. The van der Waals surface area contributed by atoms with E-state index in [0.717, 1.165) is 16.3 Å². The number of nitrogens with zero attached hydrogens (tertiary/aromatic N) is 1. The van der Waals surface area contributed by atoms with E-state index in [1.54, 1.807) is 31.4 Å². The summed E-state index contributed by atoms with van der Waals surface area (Å²) in [4.78, 5) is 12.1. The summed E-state index contributed by atoms with van der Waals surface area (Å²) in [6.07, 6.45) is 1.98. The molecule has 7 nitrogen and oxygen atoms in total. The van der Waals surface area contributed by atoms with Gasteiger partial charge in [0.05, 0.1) is 25.7 Å². The Labute approximate surface area is 160 Å². The minimum atomic E-state index is -3.35. The molecule has 0 aromatic heterocycles. The summed E-state index contributed by atoms with van der Waals surface area (Å²) in [5, 5.41) is 2.77. The second kappa shape index (κ2) is 9.27. The molecule has 1 N–H and O–H groups in total. The van der Waals surface area contributed by atoms with Gasteiger partial charge < -0.3 is 14.8 Å². The molecule has 27 heavy (non-hydrogen) atoms. The van der Waals surface area contributed by atoms with Crippen LogP contribution in [0.4, 0.5) is 11.4 Å². The van der Waals surface area contributed by atoms with Gasteiger partial charge in [-0.2, -0.15) is 0 Å². The third-order valence-corrected chi connectivity index (χ3v) is 5.07. The Morgan fingerprint density at radius 3 is 2.41 bits per heavy atom. The minimum absolute atomic E-state index is 0.160. The topological polar surface area (TPSA) is 84.9 Å². The normalized spacial score (nSPS) is 10.9. The predicted octanol–water partition coefficient (Wildman–Crippen LogP) is 2.89. The number of benzene rings is 2. The molecule has 2 aromatic rings. The van der Waals surface area contributed by atoms with Gasteiger partial charge in [-0.25, -0.2) is 8.42 Å². The summed E-state index contributed by atoms with van der Waals surface area (Å²) >= 11 is 0. The second-order valence-corrected chi connectivity index (χ2v) is 7.97. The molecule has 0 saturated heterocycles. The lowest BCUT2D eigenvalue weighted by molar-refractivity contribution is -0.116. The highest BCUT2D eigenvalue weighted by atomic mass is 32.2. The van der Waals surface area contributed by atoms with Crippen LogP contribution in [-0.2, 0) is 14.8 Å².